The highest BCUT2D eigenvalue weighted by atomic mass is 19.4. The van der Waals surface area contributed by atoms with E-state index in [4.69, 9.17) is 4.74 Å². The van der Waals surface area contributed by atoms with Crippen LogP contribution in [0.1, 0.15) is 33.6 Å². The van der Waals surface area contributed by atoms with Gasteiger partial charge in [-0.05, 0) is 33.6 Å². The number of halogens is 3. The van der Waals surface area contributed by atoms with Crippen LogP contribution < -0.4 is 5.32 Å². The van der Waals surface area contributed by atoms with Crippen LogP contribution in [0.25, 0.3) is 0 Å². The molecule has 98 valence electrons. The highest BCUT2D eigenvalue weighted by molar-refractivity contribution is 5.84. The Morgan fingerprint density at radius 3 is 2.12 bits per heavy atom. The van der Waals surface area contributed by atoms with Crippen LogP contribution in [-0.2, 0) is 9.53 Å². The summed E-state index contributed by atoms with van der Waals surface area (Å²) >= 11 is 0. The molecular weight excluding hydrogens is 235 g/mol. The van der Waals surface area contributed by atoms with Gasteiger partial charge in [0, 0.05) is 6.54 Å². The third-order valence-corrected chi connectivity index (χ3v) is 3.44. The SMILES string of the molecule is CC(C)(C)OC(=O)C12CC(C(F)(F)F)(CN1)C2. The highest BCUT2D eigenvalue weighted by Gasteiger charge is 2.75. The number of nitrogens with one attached hydrogen (secondary N) is 1. The Balaban J connectivity index is 2.07. The van der Waals surface area contributed by atoms with E-state index >= 15 is 0 Å². The van der Waals surface area contributed by atoms with Crippen molar-refractivity contribution >= 4 is 5.97 Å². The first-order chi connectivity index (χ1) is 7.50. The first-order valence-corrected chi connectivity index (χ1v) is 5.55. The molecule has 2 aliphatic heterocycles. The second-order valence-electron chi connectivity index (χ2n) is 6.07. The van der Waals surface area contributed by atoms with E-state index in [1.165, 1.54) is 0 Å². The van der Waals surface area contributed by atoms with Gasteiger partial charge in [0.1, 0.15) is 11.1 Å². The summed E-state index contributed by atoms with van der Waals surface area (Å²) < 4.78 is 43.4. The van der Waals surface area contributed by atoms with Crippen molar-refractivity contribution in [3.05, 3.63) is 0 Å². The van der Waals surface area contributed by atoms with Crippen molar-refractivity contribution in [3.8, 4) is 0 Å². The monoisotopic (exact) mass is 251 g/mol. The van der Waals surface area contributed by atoms with Crippen LogP contribution in [-0.4, -0.2) is 29.8 Å². The number of alkyl halides is 3. The minimum atomic E-state index is -4.25. The first kappa shape index (κ1) is 12.7. The summed E-state index contributed by atoms with van der Waals surface area (Å²) in [6, 6.07) is 0. The van der Waals surface area contributed by atoms with Crippen molar-refractivity contribution in [2.75, 3.05) is 6.54 Å². The van der Waals surface area contributed by atoms with Gasteiger partial charge in [0.25, 0.3) is 0 Å². The Morgan fingerprint density at radius 2 is 1.76 bits per heavy atom. The molecule has 0 atom stereocenters. The Labute approximate surface area is 97.7 Å². The normalized spacial score (nSPS) is 36.6. The van der Waals surface area contributed by atoms with E-state index in [1.807, 2.05) is 0 Å². The summed E-state index contributed by atoms with van der Waals surface area (Å²) in [5.41, 5.74) is -3.50. The average Bonchev–Trinajstić information content (AvgIpc) is 2.51. The van der Waals surface area contributed by atoms with Crippen LogP contribution in [0, 0.1) is 5.41 Å². The van der Waals surface area contributed by atoms with Gasteiger partial charge in [-0.15, -0.1) is 0 Å². The molecule has 1 saturated carbocycles. The lowest BCUT2D eigenvalue weighted by atomic mass is 9.61. The quantitative estimate of drug-likeness (QED) is 0.724. The van der Waals surface area contributed by atoms with Crippen molar-refractivity contribution in [1.29, 1.82) is 0 Å². The van der Waals surface area contributed by atoms with Crippen LogP contribution >= 0.6 is 0 Å². The number of ether oxygens (including phenoxy) is 1. The Hall–Kier alpha value is -0.780. The molecule has 17 heavy (non-hydrogen) atoms. The summed E-state index contributed by atoms with van der Waals surface area (Å²) in [7, 11) is 0. The molecule has 1 aliphatic carbocycles. The molecule has 2 heterocycles. The van der Waals surface area contributed by atoms with Gasteiger partial charge in [-0.1, -0.05) is 0 Å². The molecule has 0 aromatic heterocycles. The van der Waals surface area contributed by atoms with Crippen molar-refractivity contribution in [1.82, 2.24) is 5.32 Å². The molecule has 0 radical (unpaired) electrons. The summed E-state index contributed by atoms with van der Waals surface area (Å²) in [5, 5.41) is 2.68. The zero-order chi connectivity index (χ0) is 13.1. The Bertz CT molecular complexity index is 351. The van der Waals surface area contributed by atoms with Crippen LogP contribution in [0.5, 0.6) is 0 Å². The molecule has 1 N–H and O–H groups in total. The van der Waals surface area contributed by atoms with E-state index in [0.717, 1.165) is 0 Å². The number of fused-ring (bicyclic) bond motifs is 1. The van der Waals surface area contributed by atoms with Crippen molar-refractivity contribution in [3.63, 3.8) is 0 Å². The van der Waals surface area contributed by atoms with E-state index < -0.39 is 28.7 Å². The van der Waals surface area contributed by atoms with Gasteiger partial charge in [-0.2, -0.15) is 13.2 Å². The maximum absolute atomic E-state index is 12.8. The maximum atomic E-state index is 12.8. The van der Waals surface area contributed by atoms with E-state index in [0.29, 0.717) is 0 Å². The van der Waals surface area contributed by atoms with E-state index in [1.54, 1.807) is 20.8 Å². The van der Waals surface area contributed by atoms with Crippen molar-refractivity contribution in [2.24, 2.45) is 5.41 Å². The van der Waals surface area contributed by atoms with Gasteiger partial charge in [0.05, 0.1) is 5.41 Å². The van der Waals surface area contributed by atoms with Gasteiger partial charge < -0.3 is 10.1 Å². The lowest BCUT2D eigenvalue weighted by Gasteiger charge is -2.45. The number of esters is 1. The summed E-state index contributed by atoms with van der Waals surface area (Å²) in [6.45, 7) is 4.92. The van der Waals surface area contributed by atoms with Crippen molar-refractivity contribution < 1.29 is 22.7 Å². The fourth-order valence-corrected chi connectivity index (χ4v) is 2.58. The standard InChI is InChI=1S/C11H16F3NO2/c1-8(2,3)17-7(16)10-4-9(5-10,6-15-10)11(12,13)14/h15H,4-6H2,1-3H3. The van der Waals surface area contributed by atoms with Crippen LogP contribution in [0.3, 0.4) is 0 Å². The smallest absolute Gasteiger partial charge is 0.395 e. The van der Waals surface area contributed by atoms with Crippen LogP contribution in [0.2, 0.25) is 0 Å². The molecule has 3 fully saturated rings. The molecule has 2 bridgehead atoms. The molecule has 0 unspecified atom stereocenters. The molecule has 6 heteroatoms. The van der Waals surface area contributed by atoms with E-state index in [9.17, 15) is 18.0 Å². The van der Waals surface area contributed by atoms with Crippen LogP contribution in [0.15, 0.2) is 0 Å². The number of hydrogen-bond donors (Lipinski definition) is 1. The van der Waals surface area contributed by atoms with Gasteiger partial charge in [0.2, 0.25) is 0 Å². The molecule has 0 aromatic rings. The molecule has 0 spiro atoms. The minimum absolute atomic E-state index is 0.185. The van der Waals surface area contributed by atoms with Gasteiger partial charge in [-0.3, -0.25) is 4.79 Å². The first-order valence-electron chi connectivity index (χ1n) is 5.55. The topological polar surface area (TPSA) is 38.3 Å². The van der Waals surface area contributed by atoms with Gasteiger partial charge in [0.15, 0.2) is 0 Å². The molecule has 0 aromatic carbocycles. The fourth-order valence-electron chi connectivity index (χ4n) is 2.58. The number of carbonyl (C=O) groups excluding carboxylic acids is 1. The van der Waals surface area contributed by atoms with Gasteiger partial charge >= 0.3 is 12.1 Å². The third kappa shape index (κ3) is 1.82. The minimum Gasteiger partial charge on any atom is -0.459 e. The lowest BCUT2D eigenvalue weighted by Crippen LogP contribution is -2.59. The molecule has 2 saturated heterocycles. The summed E-state index contributed by atoms with van der Waals surface area (Å²) in [4.78, 5) is 11.8. The molecule has 0 amide bonds. The number of hydrogen-bond acceptors (Lipinski definition) is 3. The molecular formula is C11H16F3NO2. The molecule has 3 nitrogen and oxygen atoms in total. The van der Waals surface area contributed by atoms with E-state index in [2.05, 4.69) is 5.32 Å². The average molecular weight is 251 g/mol. The Kier molecular flexibility index (Phi) is 2.35. The third-order valence-electron chi connectivity index (χ3n) is 3.44. The van der Waals surface area contributed by atoms with Gasteiger partial charge in [-0.25, -0.2) is 0 Å². The predicted molar refractivity (Wildman–Crippen MR) is 54.3 cm³/mol. The van der Waals surface area contributed by atoms with Crippen LogP contribution in [0.4, 0.5) is 13.2 Å². The largest absolute Gasteiger partial charge is 0.459 e. The predicted octanol–water partition coefficient (Wildman–Crippen LogP) is 2.01. The lowest BCUT2D eigenvalue weighted by molar-refractivity contribution is -0.245. The second-order valence-corrected chi connectivity index (χ2v) is 6.07. The summed E-state index contributed by atoms with van der Waals surface area (Å²) in [5.74, 6) is -0.567. The number of carbonyl (C=O) groups is 1. The molecule has 3 aliphatic rings. The number of rotatable bonds is 1. The Morgan fingerprint density at radius 1 is 1.24 bits per heavy atom. The maximum Gasteiger partial charge on any atom is 0.395 e. The fraction of sp³-hybridized carbons (Fsp3) is 0.909. The zero-order valence-electron chi connectivity index (χ0n) is 10.1. The zero-order valence-corrected chi connectivity index (χ0v) is 10.1. The molecule has 3 rings (SSSR count). The summed E-state index contributed by atoms with van der Waals surface area (Å²) in [6.07, 6.45) is -4.64. The van der Waals surface area contributed by atoms with Crippen molar-refractivity contribution in [2.45, 2.75) is 50.9 Å². The second kappa shape index (κ2) is 3.16. The van der Waals surface area contributed by atoms with E-state index in [-0.39, 0.29) is 19.4 Å². The highest BCUT2D eigenvalue weighted by Crippen LogP contribution is 2.62.